The molecule has 2 aromatic carbocycles. The molecule has 0 radical (unpaired) electrons. The molecule has 6 nitrogen and oxygen atoms in total. The van der Waals surface area contributed by atoms with Gasteiger partial charge < -0.3 is 0 Å². The fraction of sp³-hybridized carbons (Fsp3) is 0.125. The van der Waals surface area contributed by atoms with E-state index in [1.54, 1.807) is 11.0 Å². The first-order valence-electron chi connectivity index (χ1n) is 7.29. The number of rotatable bonds is 6. The lowest BCUT2D eigenvalue weighted by Gasteiger charge is -2.09. The van der Waals surface area contributed by atoms with Gasteiger partial charge in [0.2, 0.25) is 10.0 Å². The van der Waals surface area contributed by atoms with Gasteiger partial charge >= 0.3 is 0 Å². The molecule has 25 heavy (non-hydrogen) atoms. The van der Waals surface area contributed by atoms with E-state index >= 15 is 0 Å². The van der Waals surface area contributed by atoms with E-state index in [0.717, 1.165) is 17.2 Å². The Morgan fingerprint density at radius 1 is 1.12 bits per heavy atom. The number of benzene rings is 2. The van der Waals surface area contributed by atoms with Crippen molar-refractivity contribution < 1.29 is 12.8 Å². The summed E-state index contributed by atoms with van der Waals surface area (Å²) >= 11 is 3.15. The number of nitrogens with zero attached hydrogens (tertiary/aromatic N) is 3. The molecule has 0 spiro atoms. The van der Waals surface area contributed by atoms with Gasteiger partial charge in [0.15, 0.2) is 0 Å². The van der Waals surface area contributed by atoms with Crippen LogP contribution >= 0.6 is 15.9 Å². The van der Waals surface area contributed by atoms with Crippen LogP contribution in [0.4, 0.5) is 4.39 Å². The molecule has 0 atom stereocenters. The summed E-state index contributed by atoms with van der Waals surface area (Å²) in [5.74, 6) is -0.793. The monoisotopic (exact) mass is 424 g/mol. The molecule has 0 unspecified atom stereocenters. The van der Waals surface area contributed by atoms with Crippen LogP contribution in [0.5, 0.6) is 0 Å². The van der Waals surface area contributed by atoms with E-state index in [4.69, 9.17) is 0 Å². The number of aromatic nitrogens is 3. The van der Waals surface area contributed by atoms with Crippen LogP contribution in [0, 0.1) is 5.82 Å². The van der Waals surface area contributed by atoms with Crippen LogP contribution in [-0.4, -0.2) is 23.2 Å². The smallest absolute Gasteiger partial charge is 0.243 e. The van der Waals surface area contributed by atoms with E-state index in [9.17, 15) is 12.8 Å². The molecule has 1 heterocycles. The third-order valence-corrected chi connectivity index (χ3v) is 5.39. The van der Waals surface area contributed by atoms with Crippen LogP contribution in [0.15, 0.2) is 64.5 Å². The van der Waals surface area contributed by atoms with Crippen molar-refractivity contribution in [2.75, 3.05) is 0 Å². The molecule has 0 amide bonds. The predicted molar refractivity (Wildman–Crippen MR) is 93.7 cm³/mol. The second-order valence-electron chi connectivity index (χ2n) is 5.31. The zero-order valence-corrected chi connectivity index (χ0v) is 15.3. The van der Waals surface area contributed by atoms with Crippen LogP contribution in [0.2, 0.25) is 0 Å². The summed E-state index contributed by atoms with van der Waals surface area (Å²) in [6.45, 7) is 0.646. The number of halogens is 2. The van der Waals surface area contributed by atoms with E-state index in [-0.39, 0.29) is 11.4 Å². The summed E-state index contributed by atoms with van der Waals surface area (Å²) in [6, 6.07) is 11.2. The Balaban J connectivity index is 1.67. The number of hydrogen-bond donors (Lipinski definition) is 1. The van der Waals surface area contributed by atoms with Crippen LogP contribution in [0.25, 0.3) is 0 Å². The summed E-state index contributed by atoms with van der Waals surface area (Å²) < 4.78 is 42.9. The fourth-order valence-electron chi connectivity index (χ4n) is 2.20. The summed E-state index contributed by atoms with van der Waals surface area (Å²) in [6.07, 6.45) is 3.08. The van der Waals surface area contributed by atoms with Crippen molar-refractivity contribution in [2.45, 2.75) is 18.0 Å². The Hall–Kier alpha value is -2.10. The minimum atomic E-state index is -3.94. The van der Waals surface area contributed by atoms with Gasteiger partial charge in [0.25, 0.3) is 0 Å². The Kier molecular flexibility index (Phi) is 5.26. The maximum atomic E-state index is 13.8. The molecule has 1 aromatic heterocycles. The van der Waals surface area contributed by atoms with E-state index in [1.807, 2.05) is 24.3 Å². The number of sulfonamides is 1. The highest BCUT2D eigenvalue weighted by Crippen LogP contribution is 2.20. The SMILES string of the molecule is O=S(=O)(NCc1ccc(Cn2cncn2)cc1)c1cc(Br)ccc1F. The number of hydrogen-bond acceptors (Lipinski definition) is 4. The van der Waals surface area contributed by atoms with Crippen molar-refractivity contribution in [2.24, 2.45) is 0 Å². The second kappa shape index (κ2) is 7.42. The standard InChI is InChI=1S/C16H14BrFN4O2S/c17-14-5-6-15(18)16(7-14)25(23,24)21-8-12-1-3-13(4-2-12)9-22-11-19-10-20-22/h1-7,10-11,21H,8-9H2. The molecule has 0 aliphatic carbocycles. The summed E-state index contributed by atoms with van der Waals surface area (Å²) in [5, 5.41) is 4.03. The average Bonchev–Trinajstić information content (AvgIpc) is 3.09. The topological polar surface area (TPSA) is 76.9 Å². The molecule has 130 valence electrons. The van der Waals surface area contributed by atoms with Gasteiger partial charge in [0.1, 0.15) is 23.4 Å². The van der Waals surface area contributed by atoms with Crippen molar-refractivity contribution in [1.82, 2.24) is 19.5 Å². The first kappa shape index (κ1) is 17.7. The van der Waals surface area contributed by atoms with Gasteiger partial charge in [-0.1, -0.05) is 40.2 Å². The lowest BCUT2D eigenvalue weighted by Crippen LogP contribution is -2.24. The highest BCUT2D eigenvalue weighted by molar-refractivity contribution is 9.10. The van der Waals surface area contributed by atoms with Gasteiger partial charge in [0, 0.05) is 11.0 Å². The number of nitrogens with one attached hydrogen (secondary N) is 1. The Morgan fingerprint density at radius 2 is 1.84 bits per heavy atom. The Morgan fingerprint density at radius 3 is 2.52 bits per heavy atom. The van der Waals surface area contributed by atoms with Gasteiger partial charge in [-0.3, -0.25) is 0 Å². The van der Waals surface area contributed by atoms with Crippen LogP contribution in [0.3, 0.4) is 0 Å². The highest BCUT2D eigenvalue weighted by atomic mass is 79.9. The van der Waals surface area contributed by atoms with E-state index in [0.29, 0.717) is 11.0 Å². The third kappa shape index (κ3) is 4.50. The summed E-state index contributed by atoms with van der Waals surface area (Å²) in [7, 11) is -3.94. The zero-order chi connectivity index (χ0) is 17.9. The van der Waals surface area contributed by atoms with Gasteiger partial charge in [-0.2, -0.15) is 5.10 Å². The largest absolute Gasteiger partial charge is 0.249 e. The molecule has 1 N–H and O–H groups in total. The van der Waals surface area contributed by atoms with E-state index in [1.165, 1.54) is 18.5 Å². The van der Waals surface area contributed by atoms with Gasteiger partial charge in [-0.05, 0) is 29.3 Å². The second-order valence-corrected chi connectivity index (χ2v) is 7.96. The Bertz CT molecular complexity index is 960. The van der Waals surface area contributed by atoms with Gasteiger partial charge in [-0.15, -0.1) is 0 Å². The molecule has 3 aromatic rings. The van der Waals surface area contributed by atoms with Gasteiger partial charge in [-0.25, -0.2) is 27.2 Å². The van der Waals surface area contributed by atoms with E-state index < -0.39 is 15.8 Å². The zero-order valence-electron chi connectivity index (χ0n) is 12.9. The van der Waals surface area contributed by atoms with Crippen LogP contribution < -0.4 is 4.72 Å². The minimum Gasteiger partial charge on any atom is -0.249 e. The quantitative estimate of drug-likeness (QED) is 0.659. The lowest BCUT2D eigenvalue weighted by atomic mass is 10.1. The van der Waals surface area contributed by atoms with Crippen molar-refractivity contribution >= 4 is 26.0 Å². The average molecular weight is 425 g/mol. The first-order chi connectivity index (χ1) is 11.9. The lowest BCUT2D eigenvalue weighted by molar-refractivity contribution is 0.556. The van der Waals surface area contributed by atoms with E-state index in [2.05, 4.69) is 30.7 Å². The van der Waals surface area contributed by atoms with Crippen molar-refractivity contribution in [3.05, 3.63) is 76.5 Å². The molecular weight excluding hydrogens is 411 g/mol. The van der Waals surface area contributed by atoms with Crippen molar-refractivity contribution in [3.63, 3.8) is 0 Å². The van der Waals surface area contributed by atoms with Crippen LogP contribution in [-0.2, 0) is 23.1 Å². The summed E-state index contributed by atoms with van der Waals surface area (Å²) in [5.41, 5.74) is 1.77. The molecule has 0 saturated carbocycles. The molecule has 3 rings (SSSR count). The first-order valence-corrected chi connectivity index (χ1v) is 9.56. The maximum absolute atomic E-state index is 13.8. The molecule has 9 heteroatoms. The summed E-state index contributed by atoms with van der Waals surface area (Å²) in [4.78, 5) is 3.49. The molecule has 0 fully saturated rings. The molecule has 0 aliphatic rings. The maximum Gasteiger partial charge on any atom is 0.243 e. The third-order valence-electron chi connectivity index (χ3n) is 3.48. The van der Waals surface area contributed by atoms with Gasteiger partial charge in [0.05, 0.1) is 6.54 Å². The van der Waals surface area contributed by atoms with Crippen molar-refractivity contribution in [1.29, 1.82) is 0 Å². The molecule has 0 saturated heterocycles. The fourth-order valence-corrected chi connectivity index (χ4v) is 3.83. The molecular formula is C16H14BrFN4O2S. The predicted octanol–water partition coefficient (Wildman–Crippen LogP) is 2.71. The Labute approximate surface area is 152 Å². The molecule has 0 bridgehead atoms. The van der Waals surface area contributed by atoms with Crippen molar-refractivity contribution in [3.8, 4) is 0 Å². The highest BCUT2D eigenvalue weighted by Gasteiger charge is 2.19. The normalized spacial score (nSPS) is 11.6. The van der Waals surface area contributed by atoms with Crippen LogP contribution in [0.1, 0.15) is 11.1 Å². The minimum absolute atomic E-state index is 0.0674. The molecule has 0 aliphatic heterocycles.